The number of amides is 1. The second-order valence-corrected chi connectivity index (χ2v) is 7.83. The van der Waals surface area contributed by atoms with Crippen LogP contribution in [0.5, 0.6) is 0 Å². The molecule has 2 aromatic carbocycles. The lowest BCUT2D eigenvalue weighted by molar-refractivity contribution is -0.0544. The summed E-state index contributed by atoms with van der Waals surface area (Å²) in [6.45, 7) is -0.386. The Kier molecular flexibility index (Phi) is 6.17. The van der Waals surface area contributed by atoms with E-state index < -0.39 is 30.6 Å². The van der Waals surface area contributed by atoms with E-state index >= 15 is 0 Å². The summed E-state index contributed by atoms with van der Waals surface area (Å²) >= 11 is 0. The Labute approximate surface area is 198 Å². The number of ether oxygens (including phenoxy) is 2. The van der Waals surface area contributed by atoms with E-state index in [4.69, 9.17) is 9.47 Å². The number of anilines is 1. The first-order valence-electron chi connectivity index (χ1n) is 10.8. The predicted molar refractivity (Wildman–Crippen MR) is 121 cm³/mol. The molecule has 0 aliphatic carbocycles. The van der Waals surface area contributed by atoms with Crippen LogP contribution in [0.1, 0.15) is 26.9 Å². The first-order chi connectivity index (χ1) is 17.0. The van der Waals surface area contributed by atoms with Gasteiger partial charge in [-0.3, -0.25) is 9.36 Å². The number of benzene rings is 2. The van der Waals surface area contributed by atoms with Crippen LogP contribution in [0.2, 0.25) is 0 Å². The number of nitrogens with one attached hydrogen (secondary N) is 1. The molecule has 2 N–H and O–H groups in total. The van der Waals surface area contributed by atoms with Crippen molar-refractivity contribution in [2.24, 2.45) is 0 Å². The van der Waals surface area contributed by atoms with Crippen molar-refractivity contribution in [1.82, 2.24) is 19.5 Å². The van der Waals surface area contributed by atoms with E-state index in [2.05, 4.69) is 20.3 Å². The number of aromatic nitrogens is 4. The summed E-state index contributed by atoms with van der Waals surface area (Å²) in [6, 6.07) is 16.9. The molecule has 1 aliphatic rings. The van der Waals surface area contributed by atoms with Gasteiger partial charge in [-0.2, -0.15) is 0 Å². The molecule has 0 radical (unpaired) electrons. The molecule has 0 bridgehead atoms. The average Bonchev–Trinajstić information content (AvgIpc) is 3.45. The minimum atomic E-state index is -1.82. The fourth-order valence-electron chi connectivity index (χ4n) is 3.79. The number of hydrogen-bond acceptors (Lipinski definition) is 8. The molecule has 0 unspecified atom stereocenters. The minimum Gasteiger partial charge on any atom is -0.459 e. The lowest BCUT2D eigenvalue weighted by Crippen LogP contribution is -2.31. The normalized spacial score (nSPS) is 21.7. The fraction of sp³-hybridized carbons (Fsp3) is 0.208. The van der Waals surface area contributed by atoms with Gasteiger partial charge < -0.3 is 19.9 Å². The van der Waals surface area contributed by atoms with Crippen molar-refractivity contribution in [2.75, 3.05) is 11.9 Å². The minimum absolute atomic E-state index is 0.153. The predicted octanol–water partition coefficient (Wildman–Crippen LogP) is 2.53. The number of aliphatic hydroxyl groups excluding tert-OH is 1. The number of carbonyl (C=O) groups is 2. The van der Waals surface area contributed by atoms with Crippen LogP contribution in [0.15, 0.2) is 73.3 Å². The van der Waals surface area contributed by atoms with Gasteiger partial charge >= 0.3 is 5.97 Å². The van der Waals surface area contributed by atoms with E-state index in [1.165, 1.54) is 17.2 Å². The molecule has 0 spiro atoms. The maximum absolute atomic E-state index is 14.8. The number of fused-ring (bicyclic) bond motifs is 1. The Morgan fingerprint density at radius 3 is 2.43 bits per heavy atom. The number of imidazole rings is 1. The Morgan fingerprint density at radius 2 is 1.71 bits per heavy atom. The highest BCUT2D eigenvalue weighted by Crippen LogP contribution is 2.34. The Balaban J connectivity index is 1.32. The third-order valence-electron chi connectivity index (χ3n) is 5.58. The molecule has 1 amide bonds. The molecule has 4 aromatic rings. The van der Waals surface area contributed by atoms with Crippen LogP contribution in [0.4, 0.5) is 10.2 Å². The lowest BCUT2D eigenvalue weighted by Gasteiger charge is -2.16. The van der Waals surface area contributed by atoms with Crippen molar-refractivity contribution < 1.29 is 28.6 Å². The van der Waals surface area contributed by atoms with Gasteiger partial charge in [-0.15, -0.1) is 0 Å². The number of aliphatic hydroxyl groups is 1. The van der Waals surface area contributed by atoms with Crippen LogP contribution in [0.3, 0.4) is 0 Å². The highest BCUT2D eigenvalue weighted by molar-refractivity contribution is 6.06. The molecule has 1 fully saturated rings. The maximum atomic E-state index is 14.8. The van der Waals surface area contributed by atoms with Gasteiger partial charge in [0.15, 0.2) is 29.4 Å². The van der Waals surface area contributed by atoms with Crippen molar-refractivity contribution in [3.63, 3.8) is 0 Å². The van der Waals surface area contributed by atoms with Gasteiger partial charge in [0, 0.05) is 5.56 Å². The SMILES string of the molecule is O=C(Nc1ncnc2c1ncn2[C@@H]1O[C@@H](COC(=O)c2ccccc2)[C@@H](F)[C@H]1O)c1ccccc1. The summed E-state index contributed by atoms with van der Waals surface area (Å²) in [4.78, 5) is 37.2. The quantitative estimate of drug-likeness (QED) is 0.406. The van der Waals surface area contributed by atoms with Crippen LogP contribution >= 0.6 is 0 Å². The molecule has 3 heterocycles. The van der Waals surface area contributed by atoms with E-state index in [-0.39, 0.29) is 29.5 Å². The van der Waals surface area contributed by atoms with Crippen molar-refractivity contribution >= 4 is 28.9 Å². The monoisotopic (exact) mass is 477 g/mol. The molecule has 4 atom stereocenters. The second-order valence-electron chi connectivity index (χ2n) is 7.83. The number of hydrogen-bond donors (Lipinski definition) is 2. The summed E-state index contributed by atoms with van der Waals surface area (Å²) in [6.07, 6.45) is -3.22. The molecule has 5 rings (SSSR count). The highest BCUT2D eigenvalue weighted by atomic mass is 19.1. The van der Waals surface area contributed by atoms with E-state index in [1.54, 1.807) is 60.7 Å². The van der Waals surface area contributed by atoms with E-state index in [0.29, 0.717) is 11.1 Å². The Hall–Kier alpha value is -4.22. The van der Waals surface area contributed by atoms with E-state index in [0.717, 1.165) is 0 Å². The van der Waals surface area contributed by atoms with Crippen molar-refractivity contribution in [1.29, 1.82) is 0 Å². The highest BCUT2D eigenvalue weighted by Gasteiger charge is 2.46. The fourth-order valence-corrected chi connectivity index (χ4v) is 3.79. The molecule has 1 saturated heterocycles. The van der Waals surface area contributed by atoms with Gasteiger partial charge in [-0.05, 0) is 24.3 Å². The molecule has 10 nitrogen and oxygen atoms in total. The van der Waals surface area contributed by atoms with Gasteiger partial charge in [0.25, 0.3) is 5.91 Å². The smallest absolute Gasteiger partial charge is 0.338 e. The summed E-state index contributed by atoms with van der Waals surface area (Å²) in [5.74, 6) is -0.861. The molecule has 35 heavy (non-hydrogen) atoms. The number of carbonyl (C=O) groups excluding carboxylic acids is 2. The topological polar surface area (TPSA) is 128 Å². The van der Waals surface area contributed by atoms with Crippen molar-refractivity contribution in [3.8, 4) is 0 Å². The van der Waals surface area contributed by atoms with Gasteiger partial charge in [0.2, 0.25) is 0 Å². The number of alkyl halides is 1. The van der Waals surface area contributed by atoms with Crippen LogP contribution < -0.4 is 5.32 Å². The zero-order valence-electron chi connectivity index (χ0n) is 18.2. The summed E-state index contributed by atoms with van der Waals surface area (Å²) in [7, 11) is 0. The van der Waals surface area contributed by atoms with E-state index in [9.17, 15) is 19.1 Å². The second kappa shape index (κ2) is 9.57. The molecule has 1 aliphatic heterocycles. The van der Waals surface area contributed by atoms with Gasteiger partial charge in [0.1, 0.15) is 25.1 Å². The third-order valence-corrected chi connectivity index (χ3v) is 5.58. The molecule has 178 valence electrons. The van der Waals surface area contributed by atoms with Crippen LogP contribution in [-0.4, -0.2) is 61.5 Å². The molecule has 0 saturated carbocycles. The van der Waals surface area contributed by atoms with Gasteiger partial charge in [0.05, 0.1) is 11.9 Å². The third kappa shape index (κ3) is 4.46. The van der Waals surface area contributed by atoms with Gasteiger partial charge in [-0.1, -0.05) is 36.4 Å². The van der Waals surface area contributed by atoms with Crippen molar-refractivity contribution in [2.45, 2.75) is 24.6 Å². The summed E-state index contributed by atoms with van der Waals surface area (Å²) in [5.41, 5.74) is 1.21. The molecular weight excluding hydrogens is 457 g/mol. The largest absolute Gasteiger partial charge is 0.459 e. The maximum Gasteiger partial charge on any atom is 0.338 e. The number of rotatable bonds is 6. The molecule has 11 heteroatoms. The zero-order valence-corrected chi connectivity index (χ0v) is 18.2. The number of halogens is 1. The van der Waals surface area contributed by atoms with E-state index in [1.807, 2.05) is 0 Å². The molecule has 2 aromatic heterocycles. The lowest BCUT2D eigenvalue weighted by atomic mass is 10.1. The number of esters is 1. The van der Waals surface area contributed by atoms with Crippen molar-refractivity contribution in [3.05, 3.63) is 84.4 Å². The molecular formula is C24H20FN5O5. The van der Waals surface area contributed by atoms with Crippen LogP contribution in [0, 0.1) is 0 Å². The standard InChI is InChI=1S/C24H20FN5O5/c25-17-16(11-34-24(33)15-9-5-2-6-10-15)35-23(19(17)31)30-13-28-18-20(26-12-27-21(18)30)29-22(32)14-7-3-1-4-8-14/h1-10,12-13,16-17,19,23,31H,11H2,(H,26,27,29,32)/t16-,17+,19+,23+/m0/s1. The Bertz CT molecular complexity index is 1350. The first kappa shape index (κ1) is 22.6. The van der Waals surface area contributed by atoms with Gasteiger partial charge in [-0.25, -0.2) is 24.1 Å². The summed E-state index contributed by atoms with van der Waals surface area (Å²) in [5, 5.41) is 13.2. The first-order valence-corrected chi connectivity index (χ1v) is 10.8. The van der Waals surface area contributed by atoms with Crippen LogP contribution in [0.25, 0.3) is 11.2 Å². The Morgan fingerprint density at radius 1 is 1.03 bits per heavy atom. The summed E-state index contributed by atoms with van der Waals surface area (Å²) < 4.78 is 27.0. The average molecular weight is 477 g/mol. The number of nitrogens with zero attached hydrogens (tertiary/aromatic N) is 4. The zero-order chi connectivity index (χ0) is 24.4. The van der Waals surface area contributed by atoms with Crippen LogP contribution in [-0.2, 0) is 9.47 Å².